The highest BCUT2D eigenvalue weighted by Crippen LogP contribution is 2.18. The van der Waals surface area contributed by atoms with Crippen molar-refractivity contribution in [3.8, 4) is 12.3 Å². The van der Waals surface area contributed by atoms with Gasteiger partial charge in [-0.15, -0.1) is 18.2 Å². The molecule has 2 nitrogen and oxygen atoms in total. The smallest absolute Gasteiger partial charge is 0.0578 e. The molecule has 1 aromatic carbocycles. The van der Waals surface area contributed by atoms with Crippen molar-refractivity contribution < 1.29 is 0 Å². The lowest BCUT2D eigenvalue weighted by molar-refractivity contribution is 0.582. The van der Waals surface area contributed by atoms with Crippen LogP contribution in [0.25, 0.3) is 0 Å². The fourth-order valence-corrected chi connectivity index (χ4v) is 1.76. The zero-order chi connectivity index (χ0) is 11.1. The third kappa shape index (κ3) is 3.60. The molecule has 0 saturated heterocycles. The minimum absolute atomic E-state index is 0.150. The molecule has 0 bridgehead atoms. The molecule has 0 amide bonds. The molecule has 80 valence electrons. The topological polar surface area (TPSA) is 38.0 Å². The average molecular weight is 220 g/mol. The molecule has 0 radical (unpaired) electrons. The molecule has 3 N–H and O–H groups in total. The van der Waals surface area contributed by atoms with Gasteiger partial charge in [0.05, 0.1) is 6.54 Å². The van der Waals surface area contributed by atoms with Gasteiger partial charge in [0.1, 0.15) is 0 Å². The molecule has 1 aromatic rings. The van der Waals surface area contributed by atoms with Crippen LogP contribution in [0.3, 0.4) is 0 Å². The predicted octanol–water partition coefficient (Wildman–Crippen LogP) is 1.63. The van der Waals surface area contributed by atoms with Crippen LogP contribution in [0.5, 0.6) is 0 Å². The number of benzene rings is 1. The Morgan fingerprint density at radius 3 is 2.60 bits per heavy atom. The number of hydrogen-bond acceptors (Lipinski definition) is 3. The molecular formula is C12H16N2S. The summed E-state index contributed by atoms with van der Waals surface area (Å²) in [5.74, 6) is 2.55. The fraction of sp³-hybridized carbons (Fsp3) is 0.333. The molecule has 0 saturated carbocycles. The lowest BCUT2D eigenvalue weighted by atomic mass is 10.1. The van der Waals surface area contributed by atoms with Crippen molar-refractivity contribution in [3.05, 3.63) is 29.8 Å². The summed E-state index contributed by atoms with van der Waals surface area (Å²) in [7, 11) is 0. The van der Waals surface area contributed by atoms with Crippen LogP contribution in [0, 0.1) is 12.3 Å². The normalized spacial score (nSPS) is 12.1. The van der Waals surface area contributed by atoms with Crippen molar-refractivity contribution in [2.75, 3.05) is 19.3 Å². The van der Waals surface area contributed by atoms with E-state index in [1.165, 1.54) is 10.5 Å². The van der Waals surface area contributed by atoms with Crippen LogP contribution >= 0.6 is 11.8 Å². The van der Waals surface area contributed by atoms with E-state index in [0.29, 0.717) is 13.1 Å². The van der Waals surface area contributed by atoms with Crippen molar-refractivity contribution in [1.29, 1.82) is 0 Å². The molecule has 1 unspecified atom stereocenters. The third-order valence-electron chi connectivity index (χ3n) is 2.20. The SMILES string of the molecule is C#CCNC(CN)c1ccc(SC)cc1. The second-order valence-corrected chi connectivity index (χ2v) is 4.03. The summed E-state index contributed by atoms with van der Waals surface area (Å²) >= 11 is 1.73. The quantitative estimate of drug-likeness (QED) is 0.585. The Balaban J connectivity index is 2.70. The average Bonchev–Trinajstić information content (AvgIpc) is 2.31. The van der Waals surface area contributed by atoms with E-state index in [1.807, 2.05) is 0 Å². The Labute approximate surface area is 95.6 Å². The van der Waals surface area contributed by atoms with Gasteiger partial charge in [0.2, 0.25) is 0 Å². The van der Waals surface area contributed by atoms with Gasteiger partial charge in [0.15, 0.2) is 0 Å². The van der Waals surface area contributed by atoms with E-state index >= 15 is 0 Å². The Kier molecular flexibility index (Phi) is 5.27. The van der Waals surface area contributed by atoms with Crippen LogP contribution in [0.4, 0.5) is 0 Å². The second kappa shape index (κ2) is 6.52. The van der Waals surface area contributed by atoms with Gasteiger partial charge in [-0.1, -0.05) is 18.1 Å². The molecule has 0 spiro atoms. The van der Waals surface area contributed by atoms with Crippen molar-refractivity contribution in [1.82, 2.24) is 5.32 Å². The summed E-state index contributed by atoms with van der Waals surface area (Å²) in [4.78, 5) is 1.26. The monoisotopic (exact) mass is 220 g/mol. The van der Waals surface area contributed by atoms with Crippen LogP contribution in [0.15, 0.2) is 29.2 Å². The number of nitrogens with one attached hydrogen (secondary N) is 1. The Morgan fingerprint density at radius 2 is 2.13 bits per heavy atom. The Hall–Kier alpha value is -0.950. The standard InChI is InChI=1S/C12H16N2S/c1-3-8-14-12(9-13)10-4-6-11(15-2)7-5-10/h1,4-7,12,14H,8-9,13H2,2H3. The maximum absolute atomic E-state index is 5.68. The second-order valence-electron chi connectivity index (χ2n) is 3.15. The zero-order valence-electron chi connectivity index (χ0n) is 8.86. The summed E-state index contributed by atoms with van der Waals surface area (Å²) < 4.78 is 0. The van der Waals surface area contributed by atoms with Crippen molar-refractivity contribution >= 4 is 11.8 Å². The first kappa shape index (κ1) is 12.1. The van der Waals surface area contributed by atoms with Gasteiger partial charge in [-0.25, -0.2) is 0 Å². The highest BCUT2D eigenvalue weighted by molar-refractivity contribution is 7.98. The van der Waals surface area contributed by atoms with Crippen LogP contribution in [0.2, 0.25) is 0 Å². The zero-order valence-corrected chi connectivity index (χ0v) is 9.68. The summed E-state index contributed by atoms with van der Waals surface area (Å²) in [6.45, 7) is 1.10. The number of rotatable bonds is 5. The molecule has 1 atom stereocenters. The number of thioether (sulfide) groups is 1. The van der Waals surface area contributed by atoms with Crippen molar-refractivity contribution in [3.63, 3.8) is 0 Å². The van der Waals surface area contributed by atoms with Gasteiger partial charge in [-0.2, -0.15) is 0 Å². The Morgan fingerprint density at radius 1 is 1.47 bits per heavy atom. The fourth-order valence-electron chi connectivity index (χ4n) is 1.36. The number of nitrogens with two attached hydrogens (primary N) is 1. The maximum Gasteiger partial charge on any atom is 0.0578 e. The van der Waals surface area contributed by atoms with Crippen LogP contribution in [-0.2, 0) is 0 Å². The lowest BCUT2D eigenvalue weighted by Gasteiger charge is -2.15. The first-order valence-corrected chi connectivity index (χ1v) is 6.05. The molecule has 0 aliphatic heterocycles. The van der Waals surface area contributed by atoms with Gasteiger partial charge >= 0.3 is 0 Å². The number of terminal acetylenes is 1. The lowest BCUT2D eigenvalue weighted by Crippen LogP contribution is -2.28. The molecule has 3 heteroatoms. The van der Waals surface area contributed by atoms with E-state index in [4.69, 9.17) is 12.2 Å². The minimum atomic E-state index is 0.150. The number of hydrogen-bond donors (Lipinski definition) is 2. The van der Waals surface area contributed by atoms with Crippen molar-refractivity contribution in [2.45, 2.75) is 10.9 Å². The molecule has 0 fully saturated rings. The van der Waals surface area contributed by atoms with Crippen LogP contribution < -0.4 is 11.1 Å². The minimum Gasteiger partial charge on any atom is -0.329 e. The summed E-state index contributed by atoms with van der Waals surface area (Å²) in [6.07, 6.45) is 7.26. The van der Waals surface area contributed by atoms with E-state index in [2.05, 4.69) is 41.8 Å². The van der Waals surface area contributed by atoms with E-state index < -0.39 is 0 Å². The van der Waals surface area contributed by atoms with E-state index in [9.17, 15) is 0 Å². The molecule has 1 rings (SSSR count). The van der Waals surface area contributed by atoms with Crippen LogP contribution in [-0.4, -0.2) is 19.3 Å². The molecular weight excluding hydrogens is 204 g/mol. The van der Waals surface area contributed by atoms with E-state index in [1.54, 1.807) is 11.8 Å². The molecule has 0 aliphatic rings. The van der Waals surface area contributed by atoms with E-state index in [-0.39, 0.29) is 6.04 Å². The van der Waals surface area contributed by atoms with Gasteiger partial charge in [0.25, 0.3) is 0 Å². The van der Waals surface area contributed by atoms with E-state index in [0.717, 1.165) is 0 Å². The molecule has 15 heavy (non-hydrogen) atoms. The highest BCUT2D eigenvalue weighted by atomic mass is 32.2. The van der Waals surface area contributed by atoms with Crippen molar-refractivity contribution in [2.24, 2.45) is 5.73 Å². The predicted molar refractivity (Wildman–Crippen MR) is 66.9 cm³/mol. The Bertz CT molecular complexity index is 326. The maximum atomic E-state index is 5.68. The largest absolute Gasteiger partial charge is 0.329 e. The molecule has 0 aliphatic carbocycles. The first-order valence-electron chi connectivity index (χ1n) is 4.82. The highest BCUT2D eigenvalue weighted by Gasteiger charge is 2.07. The summed E-state index contributed by atoms with van der Waals surface area (Å²) in [5.41, 5.74) is 6.87. The third-order valence-corrected chi connectivity index (χ3v) is 2.95. The van der Waals surface area contributed by atoms with Gasteiger partial charge in [-0.05, 0) is 24.0 Å². The molecule has 0 heterocycles. The summed E-state index contributed by atoms with van der Waals surface area (Å²) in [5, 5.41) is 3.20. The molecule has 0 aromatic heterocycles. The first-order chi connectivity index (χ1) is 7.31. The van der Waals surface area contributed by atoms with Gasteiger partial charge in [-0.3, -0.25) is 5.32 Å². The van der Waals surface area contributed by atoms with Gasteiger partial charge < -0.3 is 5.73 Å². The summed E-state index contributed by atoms with van der Waals surface area (Å²) in [6, 6.07) is 8.53. The van der Waals surface area contributed by atoms with Gasteiger partial charge in [0, 0.05) is 17.5 Å². The van der Waals surface area contributed by atoms with Crippen LogP contribution in [0.1, 0.15) is 11.6 Å².